The highest BCUT2D eigenvalue weighted by atomic mass is 16.3. The molecule has 1 saturated carbocycles. The number of imidazole rings is 1. The summed E-state index contributed by atoms with van der Waals surface area (Å²) in [5.41, 5.74) is 4.28. The molecule has 0 amide bonds. The van der Waals surface area contributed by atoms with Crippen LogP contribution in [0.15, 0.2) is 11.1 Å². The van der Waals surface area contributed by atoms with Gasteiger partial charge < -0.3 is 25.6 Å². The number of aliphatic hydroxyl groups is 3. The molecular weight excluding hydrogens is 278 g/mol. The summed E-state index contributed by atoms with van der Waals surface area (Å²) in [5, 5.41) is 29.1. The van der Waals surface area contributed by atoms with Gasteiger partial charge in [-0.2, -0.15) is 4.98 Å². The van der Waals surface area contributed by atoms with E-state index in [4.69, 9.17) is 5.73 Å². The monoisotopic (exact) mass is 295 g/mol. The molecule has 0 aromatic carbocycles. The van der Waals surface area contributed by atoms with Crippen LogP contribution in [-0.2, 0) is 0 Å². The van der Waals surface area contributed by atoms with E-state index in [0.717, 1.165) is 0 Å². The maximum Gasteiger partial charge on any atom is 0.280 e. The van der Waals surface area contributed by atoms with Crippen LogP contribution in [0.25, 0.3) is 11.2 Å². The Kier molecular flexibility index (Phi) is 3.19. The predicted octanol–water partition coefficient (Wildman–Crippen LogP) is -1.63. The zero-order valence-electron chi connectivity index (χ0n) is 11.2. The van der Waals surface area contributed by atoms with Crippen molar-refractivity contribution in [1.82, 2.24) is 19.5 Å². The number of nitrogens with one attached hydrogen (secondary N) is 1. The number of H-pyrrole nitrogens is 1. The molecule has 3 atom stereocenters. The second kappa shape index (κ2) is 4.79. The minimum absolute atomic E-state index is 0.0108. The molecule has 0 saturated heterocycles. The van der Waals surface area contributed by atoms with Crippen molar-refractivity contribution in [1.29, 1.82) is 0 Å². The quantitative estimate of drug-likeness (QED) is 0.456. The van der Waals surface area contributed by atoms with Gasteiger partial charge in [-0.05, 0) is 12.8 Å². The van der Waals surface area contributed by atoms with Gasteiger partial charge in [-0.1, -0.05) is 0 Å². The zero-order chi connectivity index (χ0) is 15.2. The van der Waals surface area contributed by atoms with Crippen molar-refractivity contribution in [2.45, 2.75) is 24.5 Å². The van der Waals surface area contributed by atoms with Crippen LogP contribution in [0.3, 0.4) is 0 Å². The van der Waals surface area contributed by atoms with Crippen LogP contribution >= 0.6 is 0 Å². The van der Waals surface area contributed by atoms with E-state index in [1.165, 1.54) is 6.33 Å². The highest BCUT2D eigenvalue weighted by Crippen LogP contribution is 2.42. The number of aromatic amines is 1. The second-order valence-corrected chi connectivity index (χ2v) is 5.51. The van der Waals surface area contributed by atoms with Crippen LogP contribution in [0, 0.1) is 5.92 Å². The molecule has 1 fully saturated rings. The molecule has 9 heteroatoms. The molecule has 1 aliphatic rings. The Bertz CT molecular complexity index is 726. The minimum Gasteiger partial charge on any atom is -0.396 e. The average molecular weight is 295 g/mol. The maximum atomic E-state index is 11.8. The molecule has 2 aromatic rings. The summed E-state index contributed by atoms with van der Waals surface area (Å²) in [6, 6.07) is -0.224. The first-order valence-corrected chi connectivity index (χ1v) is 6.65. The van der Waals surface area contributed by atoms with Gasteiger partial charge in [0.05, 0.1) is 18.5 Å². The van der Waals surface area contributed by atoms with Crippen LogP contribution in [-0.4, -0.2) is 53.7 Å². The van der Waals surface area contributed by atoms with E-state index < -0.39 is 23.7 Å². The molecule has 2 aromatic heterocycles. The molecule has 2 heterocycles. The predicted molar refractivity (Wildman–Crippen MR) is 73.4 cm³/mol. The number of anilines is 1. The van der Waals surface area contributed by atoms with Gasteiger partial charge in [-0.15, -0.1) is 0 Å². The number of aliphatic hydroxyl groups excluding tert-OH is 2. The lowest BCUT2D eigenvalue weighted by atomic mass is 9.93. The molecule has 1 aliphatic carbocycles. The van der Waals surface area contributed by atoms with Gasteiger partial charge in [0.15, 0.2) is 11.2 Å². The summed E-state index contributed by atoms with van der Waals surface area (Å²) in [5.74, 6) is -0.451. The molecule has 0 bridgehead atoms. The Morgan fingerprint density at radius 3 is 2.90 bits per heavy atom. The number of hydrogen-bond acceptors (Lipinski definition) is 7. The summed E-state index contributed by atoms with van der Waals surface area (Å²) in [6.07, 6.45) is 2.16. The highest BCUT2D eigenvalue weighted by molar-refractivity contribution is 5.70. The highest BCUT2D eigenvalue weighted by Gasteiger charge is 2.46. The van der Waals surface area contributed by atoms with Crippen molar-refractivity contribution in [3.8, 4) is 0 Å². The van der Waals surface area contributed by atoms with Crippen LogP contribution < -0.4 is 11.3 Å². The van der Waals surface area contributed by atoms with E-state index in [1.54, 1.807) is 4.57 Å². The van der Waals surface area contributed by atoms with Crippen molar-refractivity contribution in [3.63, 3.8) is 0 Å². The van der Waals surface area contributed by atoms with Crippen molar-refractivity contribution < 1.29 is 15.3 Å². The van der Waals surface area contributed by atoms with Gasteiger partial charge in [0.1, 0.15) is 0 Å². The fourth-order valence-corrected chi connectivity index (χ4v) is 3.07. The number of aromatic nitrogens is 4. The normalized spacial score (nSPS) is 29.3. The topological polar surface area (TPSA) is 150 Å². The lowest BCUT2D eigenvalue weighted by molar-refractivity contribution is -0.0596. The van der Waals surface area contributed by atoms with Crippen LogP contribution in [0.2, 0.25) is 0 Å². The van der Waals surface area contributed by atoms with E-state index in [2.05, 4.69) is 15.0 Å². The molecule has 0 unspecified atom stereocenters. The Balaban J connectivity index is 2.04. The van der Waals surface area contributed by atoms with Gasteiger partial charge in [0.25, 0.3) is 5.56 Å². The van der Waals surface area contributed by atoms with Crippen molar-refractivity contribution in [2.75, 3.05) is 18.9 Å². The molecule has 9 nitrogen and oxygen atoms in total. The third kappa shape index (κ3) is 2.09. The SMILES string of the molecule is Nc1nc2c(ncn2[C@H]2C[C@H](CO)[C@@](O)(CO)C2)c(=O)[nH]1. The van der Waals surface area contributed by atoms with Crippen molar-refractivity contribution >= 4 is 17.1 Å². The van der Waals surface area contributed by atoms with Gasteiger partial charge in [-0.25, -0.2) is 4.98 Å². The van der Waals surface area contributed by atoms with Gasteiger partial charge in [0.2, 0.25) is 5.95 Å². The Labute approximate surface area is 119 Å². The second-order valence-electron chi connectivity index (χ2n) is 5.51. The standard InChI is InChI=1S/C12H17N5O4/c13-11-15-9-8(10(20)16-11)14-5-17(9)7-1-6(3-18)12(21,2-7)4-19/h5-7,18-19,21H,1-4H2,(H3,13,15,16,20)/t6-,7+,12+/m1/s1. The maximum absolute atomic E-state index is 11.8. The Morgan fingerprint density at radius 1 is 1.52 bits per heavy atom. The fraction of sp³-hybridized carbons (Fsp3) is 0.583. The van der Waals surface area contributed by atoms with E-state index in [-0.39, 0.29) is 30.5 Å². The summed E-state index contributed by atoms with van der Waals surface area (Å²) in [7, 11) is 0. The summed E-state index contributed by atoms with van der Waals surface area (Å²) in [6.45, 7) is -0.659. The lowest BCUT2D eigenvalue weighted by Gasteiger charge is -2.25. The van der Waals surface area contributed by atoms with E-state index in [9.17, 15) is 20.1 Å². The number of rotatable bonds is 3. The number of nitrogens with two attached hydrogens (primary N) is 1. The molecule has 21 heavy (non-hydrogen) atoms. The largest absolute Gasteiger partial charge is 0.396 e. The number of nitrogen functional groups attached to an aromatic ring is 1. The van der Waals surface area contributed by atoms with Gasteiger partial charge in [0, 0.05) is 18.6 Å². The minimum atomic E-state index is -1.34. The zero-order valence-corrected chi connectivity index (χ0v) is 11.2. The number of fused-ring (bicyclic) bond motifs is 1. The first-order chi connectivity index (χ1) is 9.98. The Morgan fingerprint density at radius 2 is 2.29 bits per heavy atom. The fourth-order valence-electron chi connectivity index (χ4n) is 3.07. The summed E-state index contributed by atoms with van der Waals surface area (Å²) >= 11 is 0. The molecule has 0 radical (unpaired) electrons. The van der Waals surface area contributed by atoms with E-state index in [1.807, 2.05) is 0 Å². The van der Waals surface area contributed by atoms with Gasteiger partial charge in [-0.3, -0.25) is 9.78 Å². The molecular formula is C12H17N5O4. The molecule has 3 rings (SSSR count). The number of nitrogens with zero attached hydrogens (tertiary/aromatic N) is 3. The molecule has 6 N–H and O–H groups in total. The third-order valence-electron chi connectivity index (χ3n) is 4.24. The average Bonchev–Trinajstić information content (AvgIpc) is 3.00. The van der Waals surface area contributed by atoms with Crippen LogP contribution in [0.1, 0.15) is 18.9 Å². The van der Waals surface area contributed by atoms with E-state index >= 15 is 0 Å². The van der Waals surface area contributed by atoms with Crippen molar-refractivity contribution in [3.05, 3.63) is 16.7 Å². The lowest BCUT2D eigenvalue weighted by Crippen LogP contribution is -2.39. The summed E-state index contributed by atoms with van der Waals surface area (Å²) < 4.78 is 1.66. The van der Waals surface area contributed by atoms with Crippen LogP contribution in [0.4, 0.5) is 5.95 Å². The third-order valence-corrected chi connectivity index (χ3v) is 4.24. The summed E-state index contributed by atoms with van der Waals surface area (Å²) in [4.78, 5) is 22.2. The van der Waals surface area contributed by atoms with E-state index in [0.29, 0.717) is 12.1 Å². The first kappa shape index (κ1) is 14.0. The molecule has 0 spiro atoms. The molecule has 114 valence electrons. The van der Waals surface area contributed by atoms with Gasteiger partial charge >= 0.3 is 0 Å². The Hall–Kier alpha value is -1.97. The molecule has 0 aliphatic heterocycles. The first-order valence-electron chi connectivity index (χ1n) is 6.65. The number of hydrogen-bond donors (Lipinski definition) is 5. The van der Waals surface area contributed by atoms with Crippen molar-refractivity contribution in [2.24, 2.45) is 5.92 Å². The smallest absolute Gasteiger partial charge is 0.280 e. The van der Waals surface area contributed by atoms with Crippen LogP contribution in [0.5, 0.6) is 0 Å².